The minimum absolute atomic E-state index is 1.14. The smallest absolute Gasteiger partial charge is 0.0580 e. The second-order valence-electron chi connectivity index (χ2n) is 2.97. The first-order chi connectivity index (χ1) is 4.97. The van der Waals surface area contributed by atoms with Crippen LogP contribution in [-0.4, -0.2) is 0 Å². The van der Waals surface area contributed by atoms with Crippen LogP contribution in [0.1, 0.15) is 32.1 Å². The first-order valence-electron chi connectivity index (χ1n) is 4.01. The molecule has 0 saturated heterocycles. The molecule has 0 aromatic carbocycles. The quantitative estimate of drug-likeness (QED) is 0.535. The summed E-state index contributed by atoms with van der Waals surface area (Å²) in [5.41, 5.74) is 3.07. The van der Waals surface area contributed by atoms with Crippen molar-refractivity contribution in [3.63, 3.8) is 0 Å². The number of dihydropyridines is 1. The normalized spacial score (nSPS) is 24.0. The molecule has 0 spiro atoms. The Morgan fingerprint density at radius 3 is 3.10 bits per heavy atom. The van der Waals surface area contributed by atoms with Gasteiger partial charge in [0.1, 0.15) is 0 Å². The molecule has 0 aromatic rings. The van der Waals surface area contributed by atoms with Gasteiger partial charge in [-0.15, -0.1) is 0 Å². The van der Waals surface area contributed by atoms with Crippen molar-refractivity contribution in [3.05, 3.63) is 23.5 Å². The van der Waals surface area contributed by atoms with Gasteiger partial charge in [0.2, 0.25) is 0 Å². The molecule has 1 aliphatic carbocycles. The molecule has 0 saturated carbocycles. The maximum atomic E-state index is 3.20. The third kappa shape index (κ3) is 0.962. The lowest BCUT2D eigenvalue weighted by Gasteiger charge is -2.21. The van der Waals surface area contributed by atoms with E-state index in [1.807, 2.05) is 0 Å². The predicted octanol–water partition coefficient (Wildman–Crippen LogP) is 2.12. The standard InChI is InChI=1S/C9H12N/c1-2-6-9-8(4-1)5-3-7-10-9/h3,10H,1-2,4-6H2. The lowest BCUT2D eigenvalue weighted by Crippen LogP contribution is -2.15. The van der Waals surface area contributed by atoms with Crippen molar-refractivity contribution in [2.45, 2.75) is 32.1 Å². The van der Waals surface area contributed by atoms with Gasteiger partial charge in [-0.05, 0) is 37.7 Å². The van der Waals surface area contributed by atoms with Gasteiger partial charge in [-0.3, -0.25) is 0 Å². The molecule has 1 heteroatoms. The van der Waals surface area contributed by atoms with Crippen LogP contribution in [0.3, 0.4) is 0 Å². The van der Waals surface area contributed by atoms with Crippen molar-refractivity contribution in [1.82, 2.24) is 5.32 Å². The first kappa shape index (κ1) is 6.02. The Bertz CT molecular complexity index is 169. The first-order valence-corrected chi connectivity index (χ1v) is 4.01. The molecule has 53 valence electrons. The van der Waals surface area contributed by atoms with Crippen LogP contribution in [0.4, 0.5) is 0 Å². The molecule has 0 fully saturated rings. The highest BCUT2D eigenvalue weighted by Crippen LogP contribution is 2.27. The van der Waals surface area contributed by atoms with Gasteiger partial charge in [-0.2, -0.15) is 0 Å². The molecular weight excluding hydrogens is 122 g/mol. The monoisotopic (exact) mass is 134 g/mol. The number of rotatable bonds is 0. The third-order valence-electron chi connectivity index (χ3n) is 2.26. The van der Waals surface area contributed by atoms with Crippen LogP contribution in [-0.2, 0) is 0 Å². The fraction of sp³-hybridized carbons (Fsp3) is 0.556. The minimum atomic E-state index is 1.14. The van der Waals surface area contributed by atoms with Gasteiger partial charge in [-0.25, -0.2) is 0 Å². The second kappa shape index (κ2) is 2.49. The maximum Gasteiger partial charge on any atom is 0.0580 e. The van der Waals surface area contributed by atoms with Gasteiger partial charge >= 0.3 is 0 Å². The Morgan fingerprint density at radius 1 is 1.30 bits per heavy atom. The van der Waals surface area contributed by atoms with Crippen LogP contribution in [0.5, 0.6) is 0 Å². The Kier molecular flexibility index (Phi) is 1.50. The second-order valence-corrected chi connectivity index (χ2v) is 2.97. The number of hydrogen-bond acceptors (Lipinski definition) is 1. The molecule has 2 aliphatic rings. The third-order valence-corrected chi connectivity index (χ3v) is 2.26. The van der Waals surface area contributed by atoms with Crippen molar-refractivity contribution in [2.24, 2.45) is 0 Å². The summed E-state index contributed by atoms with van der Waals surface area (Å²) in [5.74, 6) is 0. The molecule has 1 aliphatic heterocycles. The van der Waals surface area contributed by atoms with Gasteiger partial charge in [0.25, 0.3) is 0 Å². The molecule has 0 unspecified atom stereocenters. The molecule has 0 bridgehead atoms. The van der Waals surface area contributed by atoms with Crippen LogP contribution in [0.25, 0.3) is 0 Å². The molecule has 1 heterocycles. The summed E-state index contributed by atoms with van der Waals surface area (Å²) in [5, 5.41) is 3.20. The van der Waals surface area contributed by atoms with Crippen molar-refractivity contribution in [1.29, 1.82) is 0 Å². The van der Waals surface area contributed by atoms with E-state index in [1.165, 1.54) is 31.4 Å². The summed E-state index contributed by atoms with van der Waals surface area (Å²) in [7, 11) is 0. The number of nitrogens with one attached hydrogen (secondary N) is 1. The molecule has 1 nitrogen and oxygen atoms in total. The van der Waals surface area contributed by atoms with Crippen LogP contribution in [0, 0.1) is 6.20 Å². The molecular formula is C9H12N. The van der Waals surface area contributed by atoms with E-state index in [4.69, 9.17) is 0 Å². The summed E-state index contributed by atoms with van der Waals surface area (Å²) < 4.78 is 0. The Labute approximate surface area is 61.8 Å². The van der Waals surface area contributed by atoms with Crippen LogP contribution in [0.15, 0.2) is 17.3 Å². The maximum absolute atomic E-state index is 3.20. The zero-order valence-electron chi connectivity index (χ0n) is 6.11. The molecule has 1 N–H and O–H groups in total. The Morgan fingerprint density at radius 2 is 2.20 bits per heavy atom. The van der Waals surface area contributed by atoms with Gasteiger partial charge in [0.05, 0.1) is 6.20 Å². The number of hydrogen-bond donors (Lipinski definition) is 1. The van der Waals surface area contributed by atoms with E-state index in [-0.39, 0.29) is 0 Å². The summed E-state index contributed by atoms with van der Waals surface area (Å²) in [6, 6.07) is 0. The Balaban J connectivity index is 2.17. The van der Waals surface area contributed by atoms with Gasteiger partial charge in [0.15, 0.2) is 0 Å². The van der Waals surface area contributed by atoms with E-state index in [2.05, 4.69) is 17.6 Å². The zero-order chi connectivity index (χ0) is 6.81. The molecule has 0 amide bonds. The van der Waals surface area contributed by atoms with E-state index < -0.39 is 0 Å². The predicted molar refractivity (Wildman–Crippen MR) is 41.1 cm³/mol. The summed E-state index contributed by atoms with van der Waals surface area (Å²) >= 11 is 0. The average Bonchev–Trinajstić information content (AvgIpc) is 2.05. The molecule has 1 radical (unpaired) electrons. The van der Waals surface area contributed by atoms with E-state index in [0.29, 0.717) is 0 Å². The summed E-state index contributed by atoms with van der Waals surface area (Å²) in [4.78, 5) is 0. The highest BCUT2D eigenvalue weighted by atomic mass is 14.9. The van der Waals surface area contributed by atoms with Crippen molar-refractivity contribution >= 4 is 0 Å². The summed E-state index contributed by atoms with van der Waals surface area (Å²) in [6.45, 7) is 0. The molecule has 2 rings (SSSR count). The lowest BCUT2D eigenvalue weighted by atomic mass is 9.93. The number of allylic oxidation sites excluding steroid dienone is 3. The zero-order valence-corrected chi connectivity index (χ0v) is 6.11. The van der Waals surface area contributed by atoms with E-state index in [0.717, 1.165) is 6.42 Å². The fourth-order valence-electron chi connectivity index (χ4n) is 1.66. The van der Waals surface area contributed by atoms with Crippen molar-refractivity contribution < 1.29 is 0 Å². The largest absolute Gasteiger partial charge is 0.358 e. The SMILES string of the molecule is [C]1=CCC2=C(CCCC2)N1. The molecule has 10 heavy (non-hydrogen) atoms. The van der Waals surface area contributed by atoms with Crippen LogP contribution in [0.2, 0.25) is 0 Å². The van der Waals surface area contributed by atoms with Crippen molar-refractivity contribution in [3.8, 4) is 0 Å². The summed E-state index contributed by atoms with van der Waals surface area (Å²) in [6.07, 6.45) is 11.6. The van der Waals surface area contributed by atoms with Gasteiger partial charge in [-0.1, -0.05) is 6.08 Å². The van der Waals surface area contributed by atoms with Gasteiger partial charge < -0.3 is 5.32 Å². The van der Waals surface area contributed by atoms with E-state index in [9.17, 15) is 0 Å². The highest BCUT2D eigenvalue weighted by molar-refractivity contribution is 5.21. The topological polar surface area (TPSA) is 12.0 Å². The molecule has 0 atom stereocenters. The van der Waals surface area contributed by atoms with Crippen molar-refractivity contribution in [2.75, 3.05) is 0 Å². The minimum Gasteiger partial charge on any atom is -0.358 e. The average molecular weight is 134 g/mol. The van der Waals surface area contributed by atoms with E-state index in [1.54, 1.807) is 5.57 Å². The van der Waals surface area contributed by atoms with Crippen LogP contribution >= 0.6 is 0 Å². The highest BCUT2D eigenvalue weighted by Gasteiger charge is 2.12. The fourth-order valence-corrected chi connectivity index (χ4v) is 1.66. The van der Waals surface area contributed by atoms with E-state index >= 15 is 0 Å². The van der Waals surface area contributed by atoms with Crippen LogP contribution < -0.4 is 5.32 Å². The van der Waals surface area contributed by atoms with Gasteiger partial charge in [0, 0.05) is 5.70 Å². The lowest BCUT2D eigenvalue weighted by molar-refractivity contribution is 0.624. The molecule has 0 aromatic heterocycles. The Hall–Kier alpha value is -0.720.